The van der Waals surface area contributed by atoms with E-state index < -0.39 is 6.10 Å². The summed E-state index contributed by atoms with van der Waals surface area (Å²) in [4.78, 5) is 12.1. The van der Waals surface area contributed by atoms with E-state index in [4.69, 9.17) is 14.2 Å². The van der Waals surface area contributed by atoms with Gasteiger partial charge in [-0.3, -0.25) is 4.79 Å². The lowest BCUT2D eigenvalue weighted by atomic mass is 10.3. The zero-order chi connectivity index (χ0) is 18.2. The molecule has 2 aromatic carbocycles. The van der Waals surface area contributed by atoms with Gasteiger partial charge in [-0.25, -0.2) is 4.39 Å². The van der Waals surface area contributed by atoms with Gasteiger partial charge >= 0.3 is 0 Å². The fraction of sp³-hybridized carbons (Fsp3) is 0.316. The van der Waals surface area contributed by atoms with E-state index in [0.29, 0.717) is 18.1 Å². The first kappa shape index (κ1) is 18.6. The first-order valence-electron chi connectivity index (χ1n) is 7.97. The number of methoxy groups -OCH3 is 1. The third-order valence-corrected chi connectivity index (χ3v) is 3.44. The molecule has 1 amide bonds. The summed E-state index contributed by atoms with van der Waals surface area (Å²) in [5, 5.41) is 2.82. The van der Waals surface area contributed by atoms with Gasteiger partial charge in [-0.05, 0) is 62.4 Å². The number of benzene rings is 2. The van der Waals surface area contributed by atoms with Gasteiger partial charge < -0.3 is 19.5 Å². The fourth-order valence-electron chi connectivity index (χ4n) is 2.07. The van der Waals surface area contributed by atoms with Gasteiger partial charge in [-0.1, -0.05) is 0 Å². The monoisotopic (exact) mass is 347 g/mol. The fourth-order valence-corrected chi connectivity index (χ4v) is 2.07. The summed E-state index contributed by atoms with van der Waals surface area (Å²) in [5.74, 6) is 1.26. The standard InChI is InChI=1S/C19H22FNO4/c1-13(12-24-17-10-8-16(23-3)9-11-17)21-19(22)14(2)25-18-6-4-15(20)5-7-18/h4-11,13-14H,12H2,1-3H3,(H,21,22)/t13-,14-/m1/s1. The maximum atomic E-state index is 12.9. The summed E-state index contributed by atoms with van der Waals surface area (Å²) >= 11 is 0. The Balaban J connectivity index is 1.77. The van der Waals surface area contributed by atoms with Gasteiger partial charge in [0.05, 0.1) is 13.2 Å². The summed E-state index contributed by atoms with van der Waals surface area (Å²) < 4.78 is 29.1. The van der Waals surface area contributed by atoms with Crippen molar-refractivity contribution in [1.29, 1.82) is 0 Å². The molecule has 0 spiro atoms. The van der Waals surface area contributed by atoms with E-state index in [9.17, 15) is 9.18 Å². The number of carbonyl (C=O) groups excluding carboxylic acids is 1. The summed E-state index contributed by atoms with van der Waals surface area (Å²) in [6, 6.07) is 12.5. The molecule has 0 radical (unpaired) electrons. The lowest BCUT2D eigenvalue weighted by Gasteiger charge is -2.19. The molecule has 0 saturated heterocycles. The maximum absolute atomic E-state index is 12.9. The van der Waals surface area contributed by atoms with Gasteiger partial charge in [-0.15, -0.1) is 0 Å². The highest BCUT2D eigenvalue weighted by molar-refractivity contribution is 5.80. The second-order valence-electron chi connectivity index (χ2n) is 5.61. The largest absolute Gasteiger partial charge is 0.497 e. The molecule has 0 saturated carbocycles. The molecule has 6 heteroatoms. The zero-order valence-electron chi connectivity index (χ0n) is 14.5. The van der Waals surface area contributed by atoms with Crippen molar-refractivity contribution in [2.45, 2.75) is 26.0 Å². The lowest BCUT2D eigenvalue weighted by Crippen LogP contribution is -2.43. The van der Waals surface area contributed by atoms with E-state index in [1.165, 1.54) is 24.3 Å². The molecule has 2 rings (SSSR count). The Hall–Kier alpha value is -2.76. The predicted molar refractivity (Wildman–Crippen MR) is 92.6 cm³/mol. The van der Waals surface area contributed by atoms with Crippen molar-refractivity contribution in [2.75, 3.05) is 13.7 Å². The number of hydrogen-bond acceptors (Lipinski definition) is 4. The van der Waals surface area contributed by atoms with E-state index in [1.807, 2.05) is 6.92 Å². The van der Waals surface area contributed by atoms with Crippen LogP contribution in [0.3, 0.4) is 0 Å². The Morgan fingerprint density at radius 1 is 1.00 bits per heavy atom. The van der Waals surface area contributed by atoms with Crippen LogP contribution in [0.1, 0.15) is 13.8 Å². The van der Waals surface area contributed by atoms with Crippen molar-refractivity contribution in [2.24, 2.45) is 0 Å². The Morgan fingerprint density at radius 2 is 1.56 bits per heavy atom. The van der Waals surface area contributed by atoms with E-state index in [-0.39, 0.29) is 17.8 Å². The topological polar surface area (TPSA) is 56.8 Å². The third-order valence-electron chi connectivity index (χ3n) is 3.44. The van der Waals surface area contributed by atoms with Gasteiger partial charge in [0.1, 0.15) is 29.7 Å². The summed E-state index contributed by atoms with van der Waals surface area (Å²) in [6.45, 7) is 3.79. The molecule has 0 heterocycles. The molecule has 0 aliphatic carbocycles. The van der Waals surface area contributed by atoms with Crippen LogP contribution in [0.15, 0.2) is 48.5 Å². The van der Waals surface area contributed by atoms with Gasteiger partial charge in [0.25, 0.3) is 5.91 Å². The number of nitrogens with one attached hydrogen (secondary N) is 1. The van der Waals surface area contributed by atoms with Gasteiger partial charge in [0, 0.05) is 0 Å². The Kier molecular flexibility index (Phi) is 6.62. The molecule has 25 heavy (non-hydrogen) atoms. The quantitative estimate of drug-likeness (QED) is 0.797. The Bertz CT molecular complexity index is 673. The lowest BCUT2D eigenvalue weighted by molar-refractivity contribution is -0.128. The zero-order valence-corrected chi connectivity index (χ0v) is 14.5. The van der Waals surface area contributed by atoms with Crippen molar-refractivity contribution in [3.63, 3.8) is 0 Å². The predicted octanol–water partition coefficient (Wildman–Crippen LogP) is 3.19. The molecule has 2 aromatic rings. The molecule has 0 fully saturated rings. The molecule has 5 nitrogen and oxygen atoms in total. The minimum atomic E-state index is -0.700. The first-order valence-corrected chi connectivity index (χ1v) is 7.97. The second-order valence-corrected chi connectivity index (χ2v) is 5.61. The first-order chi connectivity index (χ1) is 12.0. The normalized spacial score (nSPS) is 12.8. The number of amides is 1. The molecule has 1 N–H and O–H groups in total. The molecule has 0 unspecified atom stereocenters. The van der Waals surface area contributed by atoms with Crippen LogP contribution in [0.25, 0.3) is 0 Å². The van der Waals surface area contributed by atoms with Gasteiger partial charge in [0.15, 0.2) is 6.10 Å². The van der Waals surface area contributed by atoms with Crippen LogP contribution >= 0.6 is 0 Å². The molecule has 134 valence electrons. The SMILES string of the molecule is COc1ccc(OC[C@@H](C)NC(=O)[C@@H](C)Oc2ccc(F)cc2)cc1. The smallest absolute Gasteiger partial charge is 0.261 e. The number of hydrogen-bond donors (Lipinski definition) is 1. The van der Waals surface area contributed by atoms with E-state index >= 15 is 0 Å². The van der Waals surface area contributed by atoms with E-state index in [1.54, 1.807) is 38.3 Å². The minimum absolute atomic E-state index is 0.200. The highest BCUT2D eigenvalue weighted by Gasteiger charge is 2.17. The molecular weight excluding hydrogens is 325 g/mol. The van der Waals surface area contributed by atoms with Crippen molar-refractivity contribution in [3.8, 4) is 17.2 Å². The van der Waals surface area contributed by atoms with Crippen LogP contribution < -0.4 is 19.5 Å². The summed E-state index contributed by atoms with van der Waals surface area (Å²) in [5.41, 5.74) is 0. The Morgan fingerprint density at radius 3 is 2.16 bits per heavy atom. The van der Waals surface area contributed by atoms with Crippen LogP contribution in [0, 0.1) is 5.82 Å². The molecule has 0 aliphatic heterocycles. The average Bonchev–Trinajstić information content (AvgIpc) is 2.62. The van der Waals surface area contributed by atoms with Crippen LogP contribution in [-0.4, -0.2) is 31.8 Å². The average molecular weight is 347 g/mol. The molecule has 0 aromatic heterocycles. The van der Waals surface area contributed by atoms with Crippen molar-refractivity contribution in [3.05, 3.63) is 54.3 Å². The number of rotatable bonds is 8. The summed E-state index contributed by atoms with van der Waals surface area (Å²) in [6.07, 6.45) is -0.700. The van der Waals surface area contributed by atoms with Crippen LogP contribution in [0.2, 0.25) is 0 Å². The Labute approximate surface area is 146 Å². The van der Waals surface area contributed by atoms with E-state index in [2.05, 4.69) is 5.32 Å². The summed E-state index contributed by atoms with van der Waals surface area (Å²) in [7, 11) is 1.60. The van der Waals surface area contributed by atoms with Crippen LogP contribution in [-0.2, 0) is 4.79 Å². The van der Waals surface area contributed by atoms with Crippen LogP contribution in [0.4, 0.5) is 4.39 Å². The molecule has 2 atom stereocenters. The van der Waals surface area contributed by atoms with Crippen molar-refractivity contribution >= 4 is 5.91 Å². The highest BCUT2D eigenvalue weighted by Crippen LogP contribution is 2.17. The molecular formula is C19H22FNO4. The van der Waals surface area contributed by atoms with Gasteiger partial charge in [0.2, 0.25) is 0 Å². The maximum Gasteiger partial charge on any atom is 0.261 e. The third kappa shape index (κ3) is 5.99. The highest BCUT2D eigenvalue weighted by atomic mass is 19.1. The minimum Gasteiger partial charge on any atom is -0.497 e. The van der Waals surface area contributed by atoms with E-state index in [0.717, 1.165) is 5.75 Å². The van der Waals surface area contributed by atoms with Crippen molar-refractivity contribution < 1.29 is 23.4 Å². The van der Waals surface area contributed by atoms with Gasteiger partial charge in [-0.2, -0.15) is 0 Å². The molecule has 0 aliphatic rings. The molecule has 0 bridgehead atoms. The number of carbonyl (C=O) groups is 1. The second kappa shape index (κ2) is 8.92. The van der Waals surface area contributed by atoms with Crippen molar-refractivity contribution in [1.82, 2.24) is 5.32 Å². The number of ether oxygens (including phenoxy) is 3. The van der Waals surface area contributed by atoms with Crippen LogP contribution in [0.5, 0.6) is 17.2 Å². The number of halogens is 1.